The summed E-state index contributed by atoms with van der Waals surface area (Å²) in [5.74, 6) is -0.343. The molecule has 10 nitrogen and oxygen atoms in total. The summed E-state index contributed by atoms with van der Waals surface area (Å²) in [5, 5.41) is 31.1. The van der Waals surface area contributed by atoms with E-state index in [-0.39, 0.29) is 31.1 Å². The molecule has 1 unspecified atom stereocenters. The first-order valence-corrected chi connectivity index (χ1v) is 11.4. The number of aliphatic hydroxyl groups excluding tert-OH is 1. The molecular formula is C23H32ClN7O3. The van der Waals surface area contributed by atoms with Gasteiger partial charge in [-0.15, -0.1) is 0 Å². The molecule has 5 N–H and O–H groups in total. The van der Waals surface area contributed by atoms with Crippen molar-refractivity contribution in [3.63, 3.8) is 0 Å². The molecular weight excluding hydrogens is 458 g/mol. The van der Waals surface area contributed by atoms with E-state index in [0.717, 1.165) is 18.4 Å². The number of aliphatic hydroxyl groups is 1. The number of nitrogens with zero attached hydrogens (tertiary/aromatic N) is 3. The van der Waals surface area contributed by atoms with Gasteiger partial charge in [0.2, 0.25) is 11.9 Å². The van der Waals surface area contributed by atoms with Crippen LogP contribution in [0.15, 0.2) is 40.6 Å². The third-order valence-electron chi connectivity index (χ3n) is 5.20. The van der Waals surface area contributed by atoms with Crippen LogP contribution < -0.4 is 15.4 Å². The van der Waals surface area contributed by atoms with Crippen molar-refractivity contribution in [1.29, 1.82) is 10.8 Å². The van der Waals surface area contributed by atoms with Gasteiger partial charge in [0.1, 0.15) is 5.75 Å². The second-order valence-corrected chi connectivity index (χ2v) is 7.98. The summed E-state index contributed by atoms with van der Waals surface area (Å²) in [6, 6.07) is 5.35. The van der Waals surface area contributed by atoms with Crippen molar-refractivity contribution in [3.05, 3.63) is 41.2 Å². The molecule has 1 saturated heterocycles. The van der Waals surface area contributed by atoms with Crippen molar-refractivity contribution < 1.29 is 14.6 Å². The van der Waals surface area contributed by atoms with Crippen LogP contribution in [0.5, 0.6) is 5.75 Å². The lowest BCUT2D eigenvalue weighted by molar-refractivity contribution is -0.121. The Bertz CT molecular complexity index is 920. The Kier molecular flexibility index (Phi) is 11.9. The van der Waals surface area contributed by atoms with Crippen molar-refractivity contribution in [2.45, 2.75) is 31.8 Å². The Morgan fingerprint density at radius 3 is 3.00 bits per heavy atom. The predicted molar refractivity (Wildman–Crippen MR) is 135 cm³/mol. The number of likely N-dealkylation sites (tertiary alicyclic amines) is 1. The minimum Gasteiger partial charge on any atom is -0.495 e. The lowest BCUT2D eigenvalue weighted by Crippen LogP contribution is -2.38. The smallest absolute Gasteiger partial charge is 0.233 e. The van der Waals surface area contributed by atoms with Crippen molar-refractivity contribution in [2.75, 3.05) is 26.8 Å². The van der Waals surface area contributed by atoms with Gasteiger partial charge in [0.25, 0.3) is 0 Å². The Balaban J connectivity index is 2.01. The first-order chi connectivity index (χ1) is 16.5. The number of methoxy groups -OCH3 is 1. The third-order valence-corrected chi connectivity index (χ3v) is 5.49. The quantitative estimate of drug-likeness (QED) is 0.225. The number of ether oxygens (including phenoxy) is 1. The van der Waals surface area contributed by atoms with Crippen molar-refractivity contribution in [3.8, 4) is 5.75 Å². The van der Waals surface area contributed by atoms with Gasteiger partial charge in [-0.2, -0.15) is 0 Å². The first kappa shape index (κ1) is 27.2. The van der Waals surface area contributed by atoms with Crippen LogP contribution in [0.4, 0.5) is 0 Å². The van der Waals surface area contributed by atoms with E-state index in [1.54, 1.807) is 30.4 Å². The second-order valence-electron chi connectivity index (χ2n) is 7.58. The number of carbonyl (C=O) groups excluding carboxylic acids is 1. The molecule has 1 aliphatic heterocycles. The van der Waals surface area contributed by atoms with Crippen LogP contribution in [0.25, 0.3) is 0 Å². The summed E-state index contributed by atoms with van der Waals surface area (Å²) < 4.78 is 5.16. The van der Waals surface area contributed by atoms with E-state index in [1.807, 2.05) is 6.07 Å². The lowest BCUT2D eigenvalue weighted by Gasteiger charge is -2.23. The molecule has 1 aliphatic rings. The normalized spacial score (nSPS) is 17.0. The Hall–Kier alpha value is -3.08. The minimum absolute atomic E-state index is 0.0306. The average Bonchev–Trinajstić information content (AvgIpc) is 3.32. The molecule has 11 heteroatoms. The maximum absolute atomic E-state index is 12.7. The fourth-order valence-electron chi connectivity index (χ4n) is 3.39. The number of hydrogen-bond donors (Lipinski definition) is 5. The number of halogens is 1. The number of rotatable bonds is 12. The third kappa shape index (κ3) is 8.69. The minimum atomic E-state index is -0.653. The van der Waals surface area contributed by atoms with Crippen LogP contribution in [-0.2, 0) is 11.3 Å². The molecule has 2 atom stereocenters. The predicted octanol–water partition coefficient (Wildman–Crippen LogP) is 2.21. The number of hydrogen-bond acceptors (Lipinski definition) is 7. The lowest BCUT2D eigenvalue weighted by atomic mass is 10.1. The van der Waals surface area contributed by atoms with Crippen molar-refractivity contribution >= 4 is 42.1 Å². The number of guanidine groups is 1. The van der Waals surface area contributed by atoms with Gasteiger partial charge >= 0.3 is 0 Å². The van der Waals surface area contributed by atoms with Crippen LogP contribution in [0, 0.1) is 16.7 Å². The molecule has 0 bridgehead atoms. The molecule has 1 aromatic rings. The summed E-state index contributed by atoms with van der Waals surface area (Å²) >= 11 is 6.18. The summed E-state index contributed by atoms with van der Waals surface area (Å²) in [6.07, 6.45) is 9.19. The Morgan fingerprint density at radius 1 is 1.47 bits per heavy atom. The molecule has 0 aliphatic carbocycles. The van der Waals surface area contributed by atoms with Crippen LogP contribution in [0.1, 0.15) is 24.8 Å². The van der Waals surface area contributed by atoms with Crippen LogP contribution >= 0.6 is 11.6 Å². The van der Waals surface area contributed by atoms with E-state index >= 15 is 0 Å². The number of carbonyl (C=O) groups is 1. The molecule has 1 amide bonds. The zero-order chi connectivity index (χ0) is 24.8. The van der Waals surface area contributed by atoms with E-state index in [1.165, 1.54) is 24.8 Å². The molecule has 1 aromatic carbocycles. The van der Waals surface area contributed by atoms with E-state index in [0.29, 0.717) is 30.3 Å². The summed E-state index contributed by atoms with van der Waals surface area (Å²) in [4.78, 5) is 22.6. The van der Waals surface area contributed by atoms with Gasteiger partial charge in [-0.3, -0.25) is 15.2 Å². The molecule has 0 spiro atoms. The maximum atomic E-state index is 12.7. The molecule has 2 rings (SSSR count). The van der Waals surface area contributed by atoms with Crippen molar-refractivity contribution in [1.82, 2.24) is 15.5 Å². The average molecular weight is 490 g/mol. The van der Waals surface area contributed by atoms with Crippen LogP contribution in [-0.4, -0.2) is 73.4 Å². The fraction of sp³-hybridized carbons (Fsp3) is 0.435. The Labute approximate surface area is 204 Å². The highest BCUT2D eigenvalue weighted by atomic mass is 35.5. The molecule has 1 heterocycles. The fourth-order valence-corrected chi connectivity index (χ4v) is 3.67. The SMILES string of the molecule is COc1ccc(CNCC(C=NC(=N)N2CCC[C@H]2CO)C(=O)N/C=C/N=CCC=N)cc1Cl. The molecule has 0 saturated carbocycles. The monoisotopic (exact) mass is 489 g/mol. The zero-order valence-corrected chi connectivity index (χ0v) is 20.0. The van der Waals surface area contributed by atoms with E-state index in [4.69, 9.17) is 27.2 Å². The van der Waals surface area contributed by atoms with Gasteiger partial charge in [0, 0.05) is 57.1 Å². The maximum Gasteiger partial charge on any atom is 0.233 e. The van der Waals surface area contributed by atoms with Crippen LogP contribution in [0.3, 0.4) is 0 Å². The highest BCUT2D eigenvalue weighted by Crippen LogP contribution is 2.24. The number of amides is 1. The summed E-state index contributed by atoms with van der Waals surface area (Å²) in [7, 11) is 1.55. The largest absolute Gasteiger partial charge is 0.495 e. The number of nitrogens with one attached hydrogen (secondary N) is 4. The van der Waals surface area contributed by atoms with Gasteiger partial charge < -0.3 is 30.8 Å². The molecule has 184 valence electrons. The topological polar surface area (TPSA) is 146 Å². The summed E-state index contributed by atoms with van der Waals surface area (Å²) in [6.45, 7) is 1.38. The van der Waals surface area contributed by atoms with Crippen LogP contribution in [0.2, 0.25) is 5.02 Å². The van der Waals surface area contributed by atoms with Crippen molar-refractivity contribution in [2.24, 2.45) is 15.9 Å². The van der Waals surface area contributed by atoms with E-state index in [2.05, 4.69) is 20.6 Å². The van der Waals surface area contributed by atoms with Gasteiger partial charge in [-0.05, 0) is 30.5 Å². The van der Waals surface area contributed by atoms with Gasteiger partial charge in [-0.1, -0.05) is 17.7 Å². The van der Waals surface area contributed by atoms with Gasteiger partial charge in [0.05, 0.1) is 30.7 Å². The molecule has 1 fully saturated rings. The standard InChI is InChI=1S/C23H32ClN7O3/c1-34-21-6-5-17(12-20(21)24)13-28-14-18(22(33)29-10-9-27-8-3-7-25)15-30-23(26)31-11-2-4-19(31)16-32/h5-10,12,15,18-19,25-26,28,32H,2-4,11,13-14,16H2,1H3,(H,29,33)/b10-9+,25-7?,26-23?,27-8?,30-15?/t18?,19-/m0/s1. The zero-order valence-electron chi connectivity index (χ0n) is 19.2. The number of aliphatic imine (C=N–C) groups is 2. The van der Waals surface area contributed by atoms with Gasteiger partial charge in [0.15, 0.2) is 0 Å². The number of benzene rings is 1. The Morgan fingerprint density at radius 2 is 2.29 bits per heavy atom. The van der Waals surface area contributed by atoms with E-state index < -0.39 is 5.92 Å². The van der Waals surface area contributed by atoms with E-state index in [9.17, 15) is 9.90 Å². The molecule has 0 aromatic heterocycles. The molecule has 0 radical (unpaired) electrons. The highest BCUT2D eigenvalue weighted by molar-refractivity contribution is 6.32. The van der Waals surface area contributed by atoms with Gasteiger partial charge in [-0.25, -0.2) is 4.99 Å². The molecule has 34 heavy (non-hydrogen) atoms. The first-order valence-electron chi connectivity index (χ1n) is 11.0. The highest BCUT2D eigenvalue weighted by Gasteiger charge is 2.26. The summed E-state index contributed by atoms with van der Waals surface area (Å²) in [5.41, 5.74) is 0.929. The second kappa shape index (κ2) is 14.9.